The molecule has 4 rings (SSSR count). The van der Waals surface area contributed by atoms with Crippen LogP contribution in [0.1, 0.15) is 37.7 Å². The molecule has 1 saturated carbocycles. The van der Waals surface area contributed by atoms with Gasteiger partial charge in [0, 0.05) is 31.0 Å². The lowest BCUT2D eigenvalue weighted by atomic mass is 9.63. The first-order chi connectivity index (χ1) is 13.1. The van der Waals surface area contributed by atoms with Crippen molar-refractivity contribution in [2.75, 3.05) is 18.8 Å². The molecule has 2 heterocycles. The first-order valence-corrected chi connectivity index (χ1v) is 9.40. The molecule has 2 aliphatic rings. The molecule has 140 valence electrons. The van der Waals surface area contributed by atoms with Gasteiger partial charge in [-0.1, -0.05) is 30.7 Å². The fraction of sp³-hybridized carbons (Fsp3) is 0.400. The van der Waals surface area contributed by atoms with E-state index in [1.54, 1.807) is 17.3 Å². The van der Waals surface area contributed by atoms with Crippen molar-refractivity contribution in [1.82, 2.24) is 14.9 Å². The first kappa shape index (κ1) is 17.5. The zero-order chi connectivity index (χ0) is 18.9. The number of nitrogens with zero attached hydrogens (tertiary/aromatic N) is 4. The maximum atomic E-state index is 12.4. The second kappa shape index (κ2) is 6.98. The van der Waals surface area contributed by atoms with Crippen molar-refractivity contribution in [2.24, 2.45) is 10.7 Å². The maximum Gasteiger partial charge on any atom is 0.345 e. The van der Waals surface area contributed by atoms with Gasteiger partial charge in [-0.15, -0.1) is 0 Å². The molecule has 7 heteroatoms. The van der Waals surface area contributed by atoms with Crippen molar-refractivity contribution >= 4 is 17.8 Å². The van der Waals surface area contributed by atoms with Crippen LogP contribution >= 0.6 is 0 Å². The minimum Gasteiger partial charge on any atom is -0.386 e. The number of amides is 2. The average Bonchev–Trinajstić information content (AvgIpc) is 3.17. The number of urea groups is 1. The Morgan fingerprint density at radius 3 is 2.19 bits per heavy atom. The Bertz CT molecular complexity index is 849. The molecule has 2 fully saturated rings. The summed E-state index contributed by atoms with van der Waals surface area (Å²) < 4.78 is 0. The van der Waals surface area contributed by atoms with Crippen LogP contribution < -0.4 is 11.5 Å². The lowest BCUT2D eigenvalue weighted by molar-refractivity contribution is 0.218. The number of rotatable bonds is 3. The van der Waals surface area contributed by atoms with Crippen LogP contribution in [-0.4, -0.2) is 39.8 Å². The molecule has 1 aromatic carbocycles. The van der Waals surface area contributed by atoms with Crippen molar-refractivity contribution in [2.45, 2.75) is 37.5 Å². The largest absolute Gasteiger partial charge is 0.386 e. The summed E-state index contributed by atoms with van der Waals surface area (Å²) in [5.74, 6) is 0.699. The number of anilines is 1. The molecule has 0 bridgehead atoms. The molecule has 1 aliphatic heterocycles. The fourth-order valence-corrected chi connectivity index (χ4v) is 3.88. The second-order valence-electron chi connectivity index (χ2n) is 7.32. The van der Waals surface area contributed by atoms with Gasteiger partial charge in [-0.25, -0.2) is 14.8 Å². The van der Waals surface area contributed by atoms with Gasteiger partial charge in [0.05, 0.1) is 5.41 Å². The first-order valence-electron chi connectivity index (χ1n) is 9.40. The molecule has 0 atom stereocenters. The number of benzene rings is 1. The molecule has 1 aliphatic carbocycles. The molecule has 0 spiro atoms. The van der Waals surface area contributed by atoms with Gasteiger partial charge in [0.15, 0.2) is 0 Å². The van der Waals surface area contributed by atoms with Crippen molar-refractivity contribution in [3.8, 4) is 11.1 Å². The maximum absolute atomic E-state index is 12.4. The van der Waals surface area contributed by atoms with Gasteiger partial charge in [-0.2, -0.15) is 4.99 Å². The van der Waals surface area contributed by atoms with Crippen LogP contribution in [0.2, 0.25) is 0 Å². The van der Waals surface area contributed by atoms with E-state index in [9.17, 15) is 4.79 Å². The molecule has 4 N–H and O–H groups in total. The summed E-state index contributed by atoms with van der Waals surface area (Å²) in [4.78, 5) is 26.5. The van der Waals surface area contributed by atoms with Gasteiger partial charge in [-0.05, 0) is 36.8 Å². The Morgan fingerprint density at radius 2 is 1.63 bits per heavy atom. The predicted octanol–water partition coefficient (Wildman–Crippen LogP) is 2.72. The van der Waals surface area contributed by atoms with Crippen LogP contribution in [0.15, 0.2) is 41.7 Å². The molecule has 2 aromatic rings. The van der Waals surface area contributed by atoms with E-state index < -0.39 is 0 Å². The lowest BCUT2D eigenvalue weighted by Crippen LogP contribution is -2.47. The standard InChI is InChI=1S/C20H24N6O/c21-17(25-19(27)26-10-1-2-11-26)20(8-3-9-20)16-6-4-14(5-7-16)15-12-23-18(22)24-13-15/h4-7,12-13H,1-3,8-11H2,(H2,21,25,27)(H2,22,23,24). The Balaban J connectivity index is 1.58. The molecule has 0 unspecified atom stereocenters. The number of likely N-dealkylation sites (tertiary alicyclic amines) is 1. The molecule has 27 heavy (non-hydrogen) atoms. The molecular formula is C20H24N6O. The summed E-state index contributed by atoms with van der Waals surface area (Å²) in [6.45, 7) is 1.56. The Morgan fingerprint density at radius 1 is 1.00 bits per heavy atom. The van der Waals surface area contributed by atoms with E-state index in [1.807, 2.05) is 12.1 Å². The third kappa shape index (κ3) is 3.25. The van der Waals surface area contributed by atoms with Gasteiger partial charge in [0.2, 0.25) is 5.95 Å². The number of amidine groups is 1. The zero-order valence-electron chi connectivity index (χ0n) is 15.3. The average molecular weight is 364 g/mol. The third-order valence-corrected chi connectivity index (χ3v) is 5.73. The monoisotopic (exact) mass is 364 g/mol. The smallest absolute Gasteiger partial charge is 0.345 e. The molecule has 2 amide bonds. The fourth-order valence-electron chi connectivity index (χ4n) is 3.88. The van der Waals surface area contributed by atoms with Crippen LogP contribution in [0, 0.1) is 0 Å². The van der Waals surface area contributed by atoms with E-state index in [1.165, 1.54) is 0 Å². The predicted molar refractivity (Wildman–Crippen MR) is 105 cm³/mol. The summed E-state index contributed by atoms with van der Waals surface area (Å²) in [6.07, 6.45) is 8.43. The van der Waals surface area contributed by atoms with Gasteiger partial charge in [-0.3, -0.25) is 0 Å². The van der Waals surface area contributed by atoms with E-state index in [0.29, 0.717) is 5.84 Å². The van der Waals surface area contributed by atoms with Crippen molar-refractivity contribution in [1.29, 1.82) is 0 Å². The SMILES string of the molecule is N/C(=N\C(=O)N1CCCC1)C1(c2ccc(-c3cnc(N)nc3)cc2)CCC1. The minimum absolute atomic E-state index is 0.202. The summed E-state index contributed by atoms with van der Waals surface area (Å²) in [5.41, 5.74) is 14.6. The van der Waals surface area contributed by atoms with Gasteiger partial charge >= 0.3 is 6.03 Å². The molecule has 7 nitrogen and oxygen atoms in total. The minimum atomic E-state index is -0.328. The number of nitrogens with two attached hydrogens (primary N) is 2. The summed E-state index contributed by atoms with van der Waals surface area (Å²) >= 11 is 0. The normalized spacial score (nSPS) is 19.0. The van der Waals surface area contributed by atoms with Crippen molar-refractivity contribution in [3.05, 3.63) is 42.2 Å². The van der Waals surface area contributed by atoms with E-state index >= 15 is 0 Å². The van der Waals surface area contributed by atoms with Gasteiger partial charge in [0.1, 0.15) is 5.84 Å². The molecule has 1 saturated heterocycles. The number of carbonyl (C=O) groups is 1. The highest BCUT2D eigenvalue weighted by molar-refractivity contribution is 6.00. The number of aliphatic imine (C=N–C) groups is 1. The van der Waals surface area contributed by atoms with E-state index in [2.05, 4.69) is 27.1 Å². The number of hydrogen-bond acceptors (Lipinski definition) is 4. The second-order valence-corrected chi connectivity index (χ2v) is 7.32. The van der Waals surface area contributed by atoms with Crippen molar-refractivity contribution < 1.29 is 4.79 Å². The summed E-state index contributed by atoms with van der Waals surface area (Å²) in [5, 5.41) is 0. The van der Waals surface area contributed by atoms with Gasteiger partial charge in [0.25, 0.3) is 0 Å². The molecular weight excluding hydrogens is 340 g/mol. The van der Waals surface area contributed by atoms with Crippen LogP contribution in [0.5, 0.6) is 0 Å². The summed E-state index contributed by atoms with van der Waals surface area (Å²) in [6, 6.07) is 7.98. The van der Waals surface area contributed by atoms with E-state index in [0.717, 1.165) is 61.9 Å². The Hall–Kier alpha value is -2.96. The highest BCUT2D eigenvalue weighted by atomic mass is 16.2. The van der Waals surface area contributed by atoms with Crippen LogP contribution in [0.25, 0.3) is 11.1 Å². The van der Waals surface area contributed by atoms with Crippen LogP contribution in [0.4, 0.5) is 10.7 Å². The van der Waals surface area contributed by atoms with Crippen LogP contribution in [-0.2, 0) is 5.41 Å². The van der Waals surface area contributed by atoms with Crippen molar-refractivity contribution in [3.63, 3.8) is 0 Å². The number of aromatic nitrogens is 2. The number of hydrogen-bond donors (Lipinski definition) is 2. The summed E-state index contributed by atoms with van der Waals surface area (Å²) in [7, 11) is 0. The lowest BCUT2D eigenvalue weighted by Gasteiger charge is -2.41. The highest BCUT2D eigenvalue weighted by Crippen LogP contribution is 2.44. The number of carbonyl (C=O) groups excluding carboxylic acids is 1. The Labute approximate surface area is 158 Å². The highest BCUT2D eigenvalue weighted by Gasteiger charge is 2.43. The van der Waals surface area contributed by atoms with E-state index in [4.69, 9.17) is 11.5 Å². The Kier molecular flexibility index (Phi) is 4.51. The molecule has 0 radical (unpaired) electrons. The number of nitrogen functional groups attached to an aromatic ring is 1. The molecule has 1 aromatic heterocycles. The van der Waals surface area contributed by atoms with E-state index in [-0.39, 0.29) is 17.4 Å². The zero-order valence-corrected chi connectivity index (χ0v) is 15.3. The topological polar surface area (TPSA) is 110 Å². The third-order valence-electron chi connectivity index (χ3n) is 5.73. The van der Waals surface area contributed by atoms with Crippen LogP contribution in [0.3, 0.4) is 0 Å². The quantitative estimate of drug-likeness (QED) is 0.642. The van der Waals surface area contributed by atoms with Gasteiger partial charge < -0.3 is 16.4 Å².